The van der Waals surface area contributed by atoms with Crippen LogP contribution in [0.15, 0.2) is 24.3 Å². The third-order valence-corrected chi connectivity index (χ3v) is 3.89. The molecular formula is C15H17N3O4. The molecule has 7 nitrogen and oxygen atoms in total. The van der Waals surface area contributed by atoms with Gasteiger partial charge in [-0.2, -0.15) is 5.10 Å². The van der Waals surface area contributed by atoms with Gasteiger partial charge in [0.25, 0.3) is 0 Å². The van der Waals surface area contributed by atoms with E-state index in [1.165, 1.54) is 4.90 Å². The average molecular weight is 303 g/mol. The van der Waals surface area contributed by atoms with Gasteiger partial charge in [0.15, 0.2) is 6.04 Å². The number of carboxylic acids is 1. The van der Waals surface area contributed by atoms with Crippen molar-refractivity contribution in [2.24, 2.45) is 7.05 Å². The van der Waals surface area contributed by atoms with Gasteiger partial charge in [0.1, 0.15) is 0 Å². The van der Waals surface area contributed by atoms with Gasteiger partial charge < -0.3 is 14.7 Å². The summed E-state index contributed by atoms with van der Waals surface area (Å²) in [5.41, 5.74) is 1.61. The van der Waals surface area contributed by atoms with Crippen molar-refractivity contribution in [2.45, 2.75) is 12.5 Å². The number of benzene rings is 1. The Morgan fingerprint density at radius 2 is 2.18 bits per heavy atom. The number of hydrogen-bond donors (Lipinski definition) is 1. The summed E-state index contributed by atoms with van der Waals surface area (Å²) in [6.45, 7) is 0.684. The lowest BCUT2D eigenvalue weighted by molar-refractivity contribution is -0.158. The van der Waals surface area contributed by atoms with Gasteiger partial charge in [-0.3, -0.25) is 9.48 Å². The number of rotatable bonds is 3. The van der Waals surface area contributed by atoms with Gasteiger partial charge in [0, 0.05) is 19.0 Å². The van der Waals surface area contributed by atoms with Crippen molar-refractivity contribution in [2.75, 3.05) is 19.8 Å². The molecule has 0 saturated carbocycles. The first-order valence-electron chi connectivity index (χ1n) is 7.08. The molecule has 2 aromatic rings. The molecule has 1 N–H and O–H groups in total. The predicted octanol–water partition coefficient (Wildman–Crippen LogP) is 0.428. The van der Waals surface area contributed by atoms with E-state index in [-0.39, 0.29) is 18.9 Å². The number of aryl methyl sites for hydroxylation is 1. The van der Waals surface area contributed by atoms with Crippen LogP contribution in [0.25, 0.3) is 10.9 Å². The van der Waals surface area contributed by atoms with Crippen LogP contribution >= 0.6 is 0 Å². The third kappa shape index (κ3) is 2.55. The van der Waals surface area contributed by atoms with Crippen LogP contribution in [0.4, 0.5) is 0 Å². The third-order valence-electron chi connectivity index (χ3n) is 3.89. The Bertz CT molecular complexity index is 725. The first kappa shape index (κ1) is 14.5. The van der Waals surface area contributed by atoms with Crippen LogP contribution < -0.4 is 0 Å². The van der Waals surface area contributed by atoms with E-state index in [0.717, 1.165) is 10.9 Å². The Balaban J connectivity index is 1.85. The normalized spacial score (nSPS) is 18.6. The molecular weight excluding hydrogens is 286 g/mol. The molecule has 22 heavy (non-hydrogen) atoms. The highest BCUT2D eigenvalue weighted by atomic mass is 16.5. The summed E-state index contributed by atoms with van der Waals surface area (Å²) in [4.78, 5) is 25.1. The number of nitrogens with zero attached hydrogens (tertiary/aromatic N) is 3. The van der Waals surface area contributed by atoms with E-state index in [1.54, 1.807) is 4.68 Å². The van der Waals surface area contributed by atoms with E-state index in [1.807, 2.05) is 31.3 Å². The second-order valence-corrected chi connectivity index (χ2v) is 5.28. The van der Waals surface area contributed by atoms with Crippen LogP contribution in [0.3, 0.4) is 0 Å². The molecule has 0 spiro atoms. The molecule has 0 unspecified atom stereocenters. The summed E-state index contributed by atoms with van der Waals surface area (Å²) < 4.78 is 6.88. The molecule has 1 fully saturated rings. The number of amides is 1. The van der Waals surface area contributed by atoms with E-state index < -0.39 is 12.0 Å². The molecule has 0 radical (unpaired) electrons. The Kier molecular flexibility index (Phi) is 3.81. The molecule has 2 heterocycles. The zero-order valence-corrected chi connectivity index (χ0v) is 12.2. The summed E-state index contributed by atoms with van der Waals surface area (Å²) in [6, 6.07) is 6.74. The fraction of sp³-hybridized carbons (Fsp3) is 0.400. The number of aromatic nitrogens is 2. The minimum atomic E-state index is -1.04. The van der Waals surface area contributed by atoms with E-state index in [0.29, 0.717) is 18.8 Å². The van der Waals surface area contributed by atoms with E-state index in [9.17, 15) is 14.7 Å². The molecule has 0 bridgehead atoms. The van der Waals surface area contributed by atoms with Gasteiger partial charge >= 0.3 is 5.97 Å². The molecule has 3 rings (SSSR count). The topological polar surface area (TPSA) is 84.7 Å². The lowest BCUT2D eigenvalue weighted by atomic mass is 10.1. The maximum absolute atomic E-state index is 12.5. The van der Waals surface area contributed by atoms with Crippen molar-refractivity contribution in [1.82, 2.24) is 14.7 Å². The second kappa shape index (κ2) is 5.76. The number of carboxylic acid groups (broad SMARTS) is 1. The van der Waals surface area contributed by atoms with Crippen LogP contribution in [-0.4, -0.2) is 57.5 Å². The Labute approximate surface area is 127 Å². The molecule has 1 aliphatic heterocycles. The quantitative estimate of drug-likeness (QED) is 0.888. The van der Waals surface area contributed by atoms with Crippen molar-refractivity contribution in [3.05, 3.63) is 30.0 Å². The van der Waals surface area contributed by atoms with Crippen LogP contribution in [-0.2, 0) is 27.8 Å². The molecule has 1 amide bonds. The first-order chi connectivity index (χ1) is 10.6. The summed E-state index contributed by atoms with van der Waals surface area (Å²) in [5.74, 6) is -1.28. The number of fused-ring (bicyclic) bond motifs is 1. The summed E-state index contributed by atoms with van der Waals surface area (Å²) >= 11 is 0. The number of aliphatic carboxylic acids is 1. The van der Waals surface area contributed by atoms with Gasteiger partial charge in [-0.25, -0.2) is 4.79 Å². The monoisotopic (exact) mass is 303 g/mol. The summed E-state index contributed by atoms with van der Waals surface area (Å²) in [6.07, 6.45) is 0.0884. The minimum absolute atomic E-state index is 0.0318. The maximum Gasteiger partial charge on any atom is 0.328 e. The molecule has 1 aromatic carbocycles. The summed E-state index contributed by atoms with van der Waals surface area (Å²) in [5, 5.41) is 14.5. The van der Waals surface area contributed by atoms with Crippen LogP contribution in [0.1, 0.15) is 5.69 Å². The van der Waals surface area contributed by atoms with Gasteiger partial charge in [0.2, 0.25) is 5.91 Å². The maximum atomic E-state index is 12.5. The van der Waals surface area contributed by atoms with Crippen LogP contribution in [0, 0.1) is 0 Å². The number of para-hydroxylation sites is 1. The van der Waals surface area contributed by atoms with Crippen LogP contribution in [0.2, 0.25) is 0 Å². The molecule has 7 heteroatoms. The van der Waals surface area contributed by atoms with Gasteiger partial charge in [0.05, 0.1) is 30.8 Å². The minimum Gasteiger partial charge on any atom is -0.480 e. The fourth-order valence-electron chi connectivity index (χ4n) is 2.77. The van der Waals surface area contributed by atoms with Gasteiger partial charge in [-0.15, -0.1) is 0 Å². The van der Waals surface area contributed by atoms with Crippen molar-refractivity contribution in [3.8, 4) is 0 Å². The lowest BCUT2D eigenvalue weighted by Crippen LogP contribution is -2.53. The highest BCUT2D eigenvalue weighted by molar-refractivity contribution is 5.89. The number of hydrogen-bond acceptors (Lipinski definition) is 4. The Morgan fingerprint density at radius 1 is 1.41 bits per heavy atom. The molecule has 1 atom stereocenters. The lowest BCUT2D eigenvalue weighted by Gasteiger charge is -2.32. The van der Waals surface area contributed by atoms with Crippen molar-refractivity contribution < 1.29 is 19.4 Å². The van der Waals surface area contributed by atoms with E-state index >= 15 is 0 Å². The van der Waals surface area contributed by atoms with Crippen molar-refractivity contribution in [3.63, 3.8) is 0 Å². The summed E-state index contributed by atoms with van der Waals surface area (Å²) in [7, 11) is 1.82. The highest BCUT2D eigenvalue weighted by Crippen LogP contribution is 2.19. The first-order valence-corrected chi connectivity index (χ1v) is 7.08. The molecule has 0 aliphatic carbocycles. The fourth-order valence-corrected chi connectivity index (χ4v) is 2.77. The zero-order chi connectivity index (χ0) is 15.7. The Hall–Kier alpha value is -2.41. The number of carbonyl (C=O) groups excluding carboxylic acids is 1. The standard InChI is InChI=1S/C15H17N3O4/c1-17-12-5-3-2-4-10(12)11(16-17)8-14(19)18-6-7-22-9-13(18)15(20)21/h2-5,13H,6-9H2,1H3,(H,20,21)/t13-/m1/s1. The largest absolute Gasteiger partial charge is 0.480 e. The van der Waals surface area contributed by atoms with Crippen LogP contribution in [0.5, 0.6) is 0 Å². The van der Waals surface area contributed by atoms with Gasteiger partial charge in [-0.1, -0.05) is 18.2 Å². The average Bonchev–Trinajstić information content (AvgIpc) is 2.84. The smallest absolute Gasteiger partial charge is 0.328 e. The number of carbonyl (C=O) groups is 2. The predicted molar refractivity (Wildman–Crippen MR) is 78.4 cm³/mol. The molecule has 1 saturated heterocycles. The Morgan fingerprint density at radius 3 is 2.95 bits per heavy atom. The zero-order valence-electron chi connectivity index (χ0n) is 12.2. The van der Waals surface area contributed by atoms with E-state index in [4.69, 9.17) is 4.74 Å². The molecule has 116 valence electrons. The van der Waals surface area contributed by atoms with Gasteiger partial charge in [-0.05, 0) is 6.07 Å². The van der Waals surface area contributed by atoms with Crippen molar-refractivity contribution in [1.29, 1.82) is 0 Å². The van der Waals surface area contributed by atoms with E-state index in [2.05, 4.69) is 5.10 Å². The van der Waals surface area contributed by atoms with Crippen molar-refractivity contribution >= 4 is 22.8 Å². The second-order valence-electron chi connectivity index (χ2n) is 5.28. The molecule has 1 aliphatic rings. The highest BCUT2D eigenvalue weighted by Gasteiger charge is 2.33. The SMILES string of the molecule is Cn1nc(CC(=O)N2CCOC[C@@H]2C(=O)O)c2ccccc21. The number of morpholine rings is 1. The molecule has 1 aromatic heterocycles. The number of ether oxygens (including phenoxy) is 1.